The summed E-state index contributed by atoms with van der Waals surface area (Å²) in [5.41, 5.74) is 0. The molecule has 0 atom stereocenters. The molecule has 5 nitrogen and oxygen atoms in total. The molecule has 0 saturated carbocycles. The number of rotatable bonds is 0. The summed E-state index contributed by atoms with van der Waals surface area (Å²) in [5.74, 6) is 0. The van der Waals surface area contributed by atoms with Crippen molar-refractivity contribution < 1.29 is 52.3 Å². The fourth-order valence-corrected chi connectivity index (χ4v) is 0. The Morgan fingerprint density at radius 3 is 1.33 bits per heavy atom. The second-order valence-electron chi connectivity index (χ2n) is 0.224. The normalized spacial score (nSPS) is 4.00. The van der Waals surface area contributed by atoms with Crippen molar-refractivity contribution in [2.45, 2.75) is 0 Å². The van der Waals surface area contributed by atoms with Crippen molar-refractivity contribution in [3.8, 4) is 0 Å². The van der Waals surface area contributed by atoms with Gasteiger partial charge in [-0.15, -0.1) is 0 Å². The van der Waals surface area contributed by atoms with Crippen LogP contribution in [0.4, 0.5) is 0 Å². The predicted molar refractivity (Wildman–Crippen MR) is 12.3 cm³/mol. The van der Waals surface area contributed by atoms with E-state index in [0.717, 1.165) is 0 Å². The van der Waals surface area contributed by atoms with Gasteiger partial charge in [0.25, 0.3) is 0 Å². The maximum Gasteiger partial charge on any atom is 2.00 e. The zero-order valence-electron chi connectivity index (χ0n) is 2.62. The molecule has 0 bridgehead atoms. The van der Waals surface area contributed by atoms with Gasteiger partial charge in [-0.1, -0.05) is 0 Å². The summed E-state index contributed by atoms with van der Waals surface area (Å²) in [7, 11) is 0. The van der Waals surface area contributed by atoms with Crippen molar-refractivity contribution in [2.75, 3.05) is 0 Å². The van der Waals surface area contributed by atoms with Crippen LogP contribution in [0.3, 0.4) is 0 Å². The van der Waals surface area contributed by atoms with E-state index < -0.39 is 5.09 Å². The zero-order valence-corrected chi connectivity index (χ0v) is 5.76. The molecule has 0 aromatic carbocycles. The zero-order chi connectivity index (χ0) is 3.58. The molecule has 0 aromatic heterocycles. The first-order valence-corrected chi connectivity index (χ1v) is 0.548. The molecule has 0 aliphatic carbocycles. The van der Waals surface area contributed by atoms with E-state index in [0.29, 0.717) is 0 Å². The van der Waals surface area contributed by atoms with Crippen LogP contribution < -0.4 is 0 Å². The molecule has 0 saturated heterocycles. The molecule has 0 rings (SSSR count). The van der Waals surface area contributed by atoms with Gasteiger partial charge in [0.2, 0.25) is 0 Å². The molecule has 0 radical (unpaired) electrons. The second kappa shape index (κ2) is 9.11. The van der Waals surface area contributed by atoms with Crippen LogP contribution in [0.2, 0.25) is 0 Å². The molecule has 0 fully saturated rings. The second-order valence-corrected chi connectivity index (χ2v) is 0.224. The molecular weight excluding hydrogens is 218 g/mol. The average Bonchev–Trinajstić information content (AvgIpc) is 0.811. The van der Waals surface area contributed by atoms with E-state index in [1.807, 2.05) is 0 Å². The quantitative estimate of drug-likeness (QED) is 0.408. The minimum absolute atomic E-state index is 0. The Labute approximate surface area is 67.1 Å². The average molecular weight is 219 g/mol. The van der Waals surface area contributed by atoms with Crippen molar-refractivity contribution in [1.29, 1.82) is 0 Å². The molecule has 0 aliphatic rings. The van der Waals surface area contributed by atoms with Crippen LogP contribution in [-0.4, -0.2) is 10.6 Å². The molecular formula is HCeNO4. The molecule has 0 aromatic rings. The summed E-state index contributed by atoms with van der Waals surface area (Å²) in [5, 5.41) is 14.8. The maximum absolute atomic E-state index is 8.25. The molecule has 0 spiro atoms. The molecule has 6 heavy (non-hydrogen) atoms. The Hall–Kier alpha value is 0.537. The standard InChI is InChI=1S/Ce.NO3.H2O/c;2-1(3)4;/h;;1H2/q+2;-1;/p-1. The summed E-state index contributed by atoms with van der Waals surface area (Å²) in [6, 6.07) is 0. The van der Waals surface area contributed by atoms with Crippen molar-refractivity contribution >= 4 is 0 Å². The van der Waals surface area contributed by atoms with E-state index in [-0.39, 0.29) is 47.2 Å². The molecule has 0 unspecified atom stereocenters. The molecule has 0 amide bonds. The van der Waals surface area contributed by atoms with Gasteiger partial charge in [0.1, 0.15) is 0 Å². The van der Waals surface area contributed by atoms with Gasteiger partial charge < -0.3 is 20.8 Å². The summed E-state index contributed by atoms with van der Waals surface area (Å²) < 4.78 is 0. The van der Waals surface area contributed by atoms with E-state index in [9.17, 15) is 0 Å². The van der Waals surface area contributed by atoms with Crippen LogP contribution in [0, 0.1) is 57.1 Å². The number of hydrogen-bond acceptors (Lipinski definition) is 4. The van der Waals surface area contributed by atoms with E-state index >= 15 is 0 Å². The smallest absolute Gasteiger partial charge is 0.870 e. The van der Waals surface area contributed by atoms with Gasteiger partial charge >= 0.3 is 41.7 Å². The fourth-order valence-electron chi connectivity index (χ4n) is 0. The first-order valence-electron chi connectivity index (χ1n) is 0.548. The molecule has 34 valence electrons. The molecule has 6 heteroatoms. The van der Waals surface area contributed by atoms with E-state index in [1.54, 1.807) is 0 Å². The summed E-state index contributed by atoms with van der Waals surface area (Å²) >= 11 is 0. The van der Waals surface area contributed by atoms with Gasteiger partial charge in [-0.3, -0.25) is 0 Å². The van der Waals surface area contributed by atoms with Crippen molar-refractivity contribution in [1.82, 2.24) is 0 Å². The summed E-state index contributed by atoms with van der Waals surface area (Å²) in [4.78, 5) is 8.25. The summed E-state index contributed by atoms with van der Waals surface area (Å²) in [6.45, 7) is 0. The third-order valence-electron chi connectivity index (χ3n) is 0. The number of hydrogen-bond donors (Lipinski definition) is 0. The Kier molecular flexibility index (Phi) is 24.3. The minimum Gasteiger partial charge on any atom is -0.870 e. The van der Waals surface area contributed by atoms with Gasteiger partial charge in [-0.25, -0.2) is 0 Å². The third-order valence-corrected chi connectivity index (χ3v) is 0. The van der Waals surface area contributed by atoms with Crippen LogP contribution in [0.5, 0.6) is 0 Å². The van der Waals surface area contributed by atoms with Crippen molar-refractivity contribution in [3.63, 3.8) is 0 Å². The van der Waals surface area contributed by atoms with Crippen molar-refractivity contribution in [2.24, 2.45) is 0 Å². The first kappa shape index (κ1) is 16.0. The van der Waals surface area contributed by atoms with Gasteiger partial charge in [0.05, 0.1) is 5.09 Å². The monoisotopic (exact) mass is 219 g/mol. The van der Waals surface area contributed by atoms with Gasteiger partial charge in [0, 0.05) is 0 Å². The van der Waals surface area contributed by atoms with E-state index in [1.165, 1.54) is 0 Å². The van der Waals surface area contributed by atoms with Crippen LogP contribution in [0.1, 0.15) is 0 Å². The SMILES string of the molecule is O=[N+]([O-])[O-].[Ce+2].[OH-]. The fraction of sp³-hybridized carbons (Fsp3) is 0. The Morgan fingerprint density at radius 1 is 1.33 bits per heavy atom. The topological polar surface area (TPSA) is 96.2 Å². The van der Waals surface area contributed by atoms with E-state index in [4.69, 9.17) is 15.3 Å². The Balaban J connectivity index is -0.0000000450. The largest absolute Gasteiger partial charge is 2.00 e. The Bertz CT molecular complexity index is 30.5. The van der Waals surface area contributed by atoms with Crippen LogP contribution in [-0.2, 0) is 0 Å². The minimum atomic E-state index is -1.75. The van der Waals surface area contributed by atoms with Crippen LogP contribution >= 0.6 is 0 Å². The maximum atomic E-state index is 8.25. The van der Waals surface area contributed by atoms with Gasteiger partial charge in [-0.05, 0) is 0 Å². The molecule has 0 aliphatic heterocycles. The predicted octanol–water partition coefficient (Wildman–Crippen LogP) is -0.416. The Morgan fingerprint density at radius 2 is 1.33 bits per heavy atom. The van der Waals surface area contributed by atoms with Crippen LogP contribution in [0.25, 0.3) is 0 Å². The van der Waals surface area contributed by atoms with Crippen molar-refractivity contribution in [3.05, 3.63) is 15.3 Å². The number of nitrogens with zero attached hydrogens (tertiary/aromatic N) is 1. The van der Waals surface area contributed by atoms with Gasteiger partial charge in [-0.2, -0.15) is 0 Å². The van der Waals surface area contributed by atoms with E-state index in [2.05, 4.69) is 0 Å². The first-order chi connectivity index (χ1) is 1.73. The third kappa shape index (κ3) is 197. The van der Waals surface area contributed by atoms with Gasteiger partial charge in [0.15, 0.2) is 0 Å². The summed E-state index contributed by atoms with van der Waals surface area (Å²) in [6.07, 6.45) is 0. The molecule has 0 heterocycles. The molecule has 1 N–H and O–H groups in total. The van der Waals surface area contributed by atoms with Crippen LogP contribution in [0.15, 0.2) is 0 Å².